The molecule has 28 heavy (non-hydrogen) atoms. The molecular weight excluding hydrogens is 370 g/mol. The highest BCUT2D eigenvalue weighted by Gasteiger charge is 2.36. The molecule has 0 saturated carbocycles. The largest absolute Gasteiger partial charge is 0.468 e. The molecule has 0 radical (unpaired) electrons. The quantitative estimate of drug-likeness (QED) is 0.636. The van der Waals surface area contributed by atoms with Crippen LogP contribution in [0.1, 0.15) is 38.4 Å². The van der Waals surface area contributed by atoms with Crippen LogP contribution in [0.5, 0.6) is 0 Å². The number of nitriles is 1. The predicted molar refractivity (Wildman–Crippen MR) is 112 cm³/mol. The number of hydrogen-bond acceptors (Lipinski definition) is 5. The van der Waals surface area contributed by atoms with Crippen LogP contribution in [0.15, 0.2) is 75.0 Å². The number of furan rings is 1. The van der Waals surface area contributed by atoms with Crippen molar-refractivity contribution in [3.63, 3.8) is 0 Å². The standard InChI is InChI=1S/C22H23N3O2S/c1-3-4-13-28-22-17(14-23)20(18-11-8-12-27-18)19(15(2)24-22)21(26)25-16-9-6-5-7-10-16/h5-12,20,24H,3-4,13H2,1-2H3,(H,25,26)/t20-/m1/s1. The summed E-state index contributed by atoms with van der Waals surface area (Å²) in [5, 5.41) is 16.9. The molecular formula is C22H23N3O2S. The second-order valence-electron chi connectivity index (χ2n) is 6.49. The normalized spacial score (nSPS) is 16.5. The number of nitrogens with one attached hydrogen (secondary N) is 2. The summed E-state index contributed by atoms with van der Waals surface area (Å²) in [5.74, 6) is 0.717. The summed E-state index contributed by atoms with van der Waals surface area (Å²) in [5.41, 5.74) is 2.44. The van der Waals surface area contributed by atoms with Crippen LogP contribution >= 0.6 is 11.8 Å². The number of amides is 1. The molecule has 3 rings (SSSR count). The molecule has 144 valence electrons. The lowest BCUT2D eigenvalue weighted by molar-refractivity contribution is -0.113. The van der Waals surface area contributed by atoms with Gasteiger partial charge < -0.3 is 15.1 Å². The van der Waals surface area contributed by atoms with Crippen LogP contribution in [-0.2, 0) is 4.79 Å². The average Bonchev–Trinajstić information content (AvgIpc) is 3.23. The number of thioether (sulfide) groups is 1. The van der Waals surface area contributed by atoms with Crippen molar-refractivity contribution in [3.8, 4) is 6.07 Å². The van der Waals surface area contributed by atoms with Gasteiger partial charge in [-0.05, 0) is 43.4 Å². The van der Waals surface area contributed by atoms with Crippen LogP contribution in [0, 0.1) is 11.3 Å². The summed E-state index contributed by atoms with van der Waals surface area (Å²) in [6, 6.07) is 15.2. The van der Waals surface area contributed by atoms with Crippen LogP contribution in [0.2, 0.25) is 0 Å². The van der Waals surface area contributed by atoms with Crippen molar-refractivity contribution in [3.05, 3.63) is 76.4 Å². The maximum atomic E-state index is 13.1. The summed E-state index contributed by atoms with van der Waals surface area (Å²) in [4.78, 5) is 13.1. The number of nitrogens with zero attached hydrogens (tertiary/aromatic N) is 1. The minimum Gasteiger partial charge on any atom is -0.468 e. The van der Waals surface area contributed by atoms with E-state index < -0.39 is 5.92 Å². The first-order chi connectivity index (χ1) is 13.7. The van der Waals surface area contributed by atoms with Crippen molar-refractivity contribution < 1.29 is 9.21 Å². The maximum absolute atomic E-state index is 13.1. The fourth-order valence-corrected chi connectivity index (χ4v) is 4.29. The number of unbranched alkanes of at least 4 members (excludes halogenated alkanes) is 1. The van der Waals surface area contributed by atoms with Gasteiger partial charge in [0.1, 0.15) is 5.76 Å². The van der Waals surface area contributed by atoms with Gasteiger partial charge in [-0.3, -0.25) is 4.79 Å². The molecule has 0 unspecified atom stereocenters. The lowest BCUT2D eigenvalue weighted by atomic mass is 9.85. The molecule has 1 aliphatic rings. The number of benzene rings is 1. The third-order valence-corrected chi connectivity index (χ3v) is 5.60. The van der Waals surface area contributed by atoms with Crippen molar-refractivity contribution in [2.45, 2.75) is 32.6 Å². The molecule has 5 nitrogen and oxygen atoms in total. The summed E-state index contributed by atoms with van der Waals surface area (Å²) in [7, 11) is 0. The van der Waals surface area contributed by atoms with Gasteiger partial charge in [-0.15, -0.1) is 11.8 Å². The van der Waals surface area contributed by atoms with Crippen LogP contribution in [-0.4, -0.2) is 11.7 Å². The number of carbonyl (C=O) groups excluding carboxylic acids is 1. The summed E-state index contributed by atoms with van der Waals surface area (Å²) < 4.78 is 5.62. The first kappa shape index (κ1) is 19.8. The number of hydrogen-bond donors (Lipinski definition) is 2. The van der Waals surface area contributed by atoms with Gasteiger partial charge in [-0.2, -0.15) is 5.26 Å². The fraction of sp³-hybridized carbons (Fsp3) is 0.273. The van der Waals surface area contributed by atoms with E-state index in [0.717, 1.165) is 29.3 Å². The molecule has 6 heteroatoms. The lowest BCUT2D eigenvalue weighted by Gasteiger charge is -2.28. The fourth-order valence-electron chi connectivity index (χ4n) is 3.11. The number of anilines is 1. The third kappa shape index (κ3) is 4.32. The van der Waals surface area contributed by atoms with Gasteiger partial charge in [0.05, 0.1) is 34.4 Å². The first-order valence-electron chi connectivity index (χ1n) is 9.30. The van der Waals surface area contributed by atoms with Gasteiger partial charge >= 0.3 is 0 Å². The third-order valence-electron chi connectivity index (χ3n) is 4.50. The number of para-hydroxylation sites is 1. The van der Waals surface area contributed by atoms with E-state index in [-0.39, 0.29) is 5.91 Å². The Morgan fingerprint density at radius 3 is 2.71 bits per heavy atom. The zero-order valence-electron chi connectivity index (χ0n) is 16.0. The molecule has 0 bridgehead atoms. The highest BCUT2D eigenvalue weighted by Crippen LogP contribution is 2.41. The van der Waals surface area contributed by atoms with Crippen molar-refractivity contribution in [2.24, 2.45) is 0 Å². The van der Waals surface area contributed by atoms with Gasteiger partial charge in [-0.1, -0.05) is 31.5 Å². The Morgan fingerprint density at radius 1 is 1.29 bits per heavy atom. The van der Waals surface area contributed by atoms with E-state index in [9.17, 15) is 10.1 Å². The second kappa shape index (κ2) is 9.34. The summed E-state index contributed by atoms with van der Waals surface area (Å²) >= 11 is 1.62. The topological polar surface area (TPSA) is 78.1 Å². The number of rotatable bonds is 7. The highest BCUT2D eigenvalue weighted by atomic mass is 32.2. The molecule has 0 saturated heterocycles. The van der Waals surface area contributed by atoms with E-state index in [4.69, 9.17) is 4.42 Å². The smallest absolute Gasteiger partial charge is 0.254 e. The molecule has 1 amide bonds. The molecule has 1 atom stereocenters. The summed E-state index contributed by atoms with van der Waals surface area (Å²) in [6.45, 7) is 4.00. The Labute approximate surface area is 169 Å². The van der Waals surface area contributed by atoms with Gasteiger partial charge in [0.2, 0.25) is 0 Å². The summed E-state index contributed by atoms with van der Waals surface area (Å²) in [6.07, 6.45) is 3.71. The monoisotopic (exact) mass is 393 g/mol. The van der Waals surface area contributed by atoms with Crippen molar-refractivity contribution in [2.75, 3.05) is 11.1 Å². The Morgan fingerprint density at radius 2 is 2.07 bits per heavy atom. The zero-order chi connectivity index (χ0) is 19.9. The van der Waals surface area contributed by atoms with E-state index in [0.29, 0.717) is 22.6 Å². The van der Waals surface area contributed by atoms with Crippen LogP contribution in [0.25, 0.3) is 0 Å². The Kier molecular flexibility index (Phi) is 6.62. The van der Waals surface area contributed by atoms with E-state index in [1.807, 2.05) is 43.3 Å². The minimum absolute atomic E-state index is 0.247. The number of allylic oxidation sites excluding steroid dienone is 2. The van der Waals surface area contributed by atoms with Gasteiger partial charge in [0, 0.05) is 11.4 Å². The van der Waals surface area contributed by atoms with E-state index >= 15 is 0 Å². The number of carbonyl (C=O) groups is 1. The maximum Gasteiger partial charge on any atom is 0.254 e. The number of dihydropyridines is 1. The lowest BCUT2D eigenvalue weighted by Crippen LogP contribution is -2.30. The Hall–Kier alpha value is -2.91. The Balaban J connectivity index is 1.97. The van der Waals surface area contributed by atoms with E-state index in [1.165, 1.54) is 0 Å². The Bertz CT molecular complexity index is 924. The van der Waals surface area contributed by atoms with Crippen molar-refractivity contribution >= 4 is 23.4 Å². The van der Waals surface area contributed by atoms with E-state index in [2.05, 4.69) is 23.6 Å². The first-order valence-corrected chi connectivity index (χ1v) is 10.3. The SMILES string of the molecule is CCCCSC1=C(C#N)[C@H](c2ccco2)C(C(=O)Nc2ccccc2)=C(C)N1. The van der Waals surface area contributed by atoms with Crippen LogP contribution in [0.4, 0.5) is 5.69 Å². The van der Waals surface area contributed by atoms with Gasteiger partial charge in [0.15, 0.2) is 0 Å². The van der Waals surface area contributed by atoms with Gasteiger partial charge in [-0.25, -0.2) is 0 Å². The molecule has 1 aromatic heterocycles. The molecule has 2 heterocycles. The van der Waals surface area contributed by atoms with E-state index in [1.54, 1.807) is 24.1 Å². The molecule has 1 aliphatic heterocycles. The molecule has 0 fully saturated rings. The van der Waals surface area contributed by atoms with Gasteiger partial charge in [0.25, 0.3) is 5.91 Å². The molecule has 0 spiro atoms. The van der Waals surface area contributed by atoms with Crippen LogP contribution < -0.4 is 10.6 Å². The van der Waals surface area contributed by atoms with Crippen molar-refractivity contribution in [1.29, 1.82) is 5.26 Å². The molecule has 1 aromatic carbocycles. The second-order valence-corrected chi connectivity index (χ2v) is 7.59. The minimum atomic E-state index is -0.533. The average molecular weight is 394 g/mol. The molecule has 2 N–H and O–H groups in total. The predicted octanol–water partition coefficient (Wildman–Crippen LogP) is 5.15. The molecule has 0 aliphatic carbocycles. The van der Waals surface area contributed by atoms with Crippen LogP contribution in [0.3, 0.4) is 0 Å². The van der Waals surface area contributed by atoms with Crippen molar-refractivity contribution in [1.82, 2.24) is 5.32 Å². The highest BCUT2D eigenvalue weighted by molar-refractivity contribution is 8.03. The zero-order valence-corrected chi connectivity index (χ0v) is 16.8. The molecule has 2 aromatic rings.